The van der Waals surface area contributed by atoms with Crippen LogP contribution in [0.15, 0.2) is 12.1 Å². The smallest absolute Gasteiger partial charge is 0.176 e. The van der Waals surface area contributed by atoms with Gasteiger partial charge in [-0.2, -0.15) is 10.5 Å². The predicted octanol–water partition coefficient (Wildman–Crippen LogP) is 1.97. The lowest BCUT2D eigenvalue weighted by molar-refractivity contribution is 0.0980. The van der Waals surface area contributed by atoms with Crippen molar-refractivity contribution in [2.24, 2.45) is 0 Å². The quantitative estimate of drug-likeness (QED) is 0.629. The van der Waals surface area contributed by atoms with Crippen LogP contribution in [0.1, 0.15) is 48.7 Å². The third-order valence-electron chi connectivity index (χ3n) is 3.35. The number of ketones is 1. The van der Waals surface area contributed by atoms with Crippen LogP contribution < -0.4 is 11.1 Å². The third-order valence-corrected chi connectivity index (χ3v) is 3.35. The van der Waals surface area contributed by atoms with E-state index >= 15 is 0 Å². The molecule has 0 heterocycles. The highest BCUT2D eigenvalue weighted by Gasteiger charge is 2.18. The maximum atomic E-state index is 12.1. The lowest BCUT2D eigenvalue weighted by Crippen LogP contribution is -2.41. The maximum Gasteiger partial charge on any atom is 0.176 e. The van der Waals surface area contributed by atoms with Crippen molar-refractivity contribution in [3.63, 3.8) is 0 Å². The van der Waals surface area contributed by atoms with Crippen molar-refractivity contribution < 1.29 is 4.79 Å². The summed E-state index contributed by atoms with van der Waals surface area (Å²) in [7, 11) is 0. The molecule has 0 radical (unpaired) electrons. The Kier molecular flexibility index (Phi) is 4.85. The number of nitrogens with zero attached hydrogens (tertiary/aromatic N) is 2. The zero-order chi connectivity index (χ0) is 15.3. The van der Waals surface area contributed by atoms with Crippen molar-refractivity contribution in [3.8, 4) is 12.1 Å². The summed E-state index contributed by atoms with van der Waals surface area (Å²) in [6, 6.07) is 6.66. The van der Waals surface area contributed by atoms with E-state index in [9.17, 15) is 4.79 Å². The SMILES string of the molecule is CCC(C)(C)NCC(=O)c1cc(C#N)c(N)c(C#N)c1. The number of nitrogens with two attached hydrogens (primary N) is 1. The summed E-state index contributed by atoms with van der Waals surface area (Å²) in [5, 5.41) is 21.1. The van der Waals surface area contributed by atoms with Gasteiger partial charge in [-0.05, 0) is 32.4 Å². The molecule has 20 heavy (non-hydrogen) atoms. The minimum absolute atomic E-state index is 0.119. The number of nitrogen functional groups attached to an aromatic ring is 1. The first-order valence-electron chi connectivity index (χ1n) is 6.36. The van der Waals surface area contributed by atoms with Gasteiger partial charge in [-0.1, -0.05) is 6.92 Å². The van der Waals surface area contributed by atoms with Gasteiger partial charge in [0.2, 0.25) is 0 Å². The first-order chi connectivity index (χ1) is 9.34. The van der Waals surface area contributed by atoms with E-state index in [0.29, 0.717) is 5.56 Å². The molecule has 0 aliphatic heterocycles. The predicted molar refractivity (Wildman–Crippen MR) is 77.0 cm³/mol. The molecule has 5 nitrogen and oxygen atoms in total. The molecule has 3 N–H and O–H groups in total. The highest BCUT2D eigenvalue weighted by molar-refractivity contribution is 5.99. The number of rotatable bonds is 5. The van der Waals surface area contributed by atoms with Crippen molar-refractivity contribution in [2.75, 3.05) is 12.3 Å². The molecule has 0 spiro atoms. The summed E-state index contributed by atoms with van der Waals surface area (Å²) in [4.78, 5) is 12.1. The fourth-order valence-electron chi connectivity index (χ4n) is 1.55. The monoisotopic (exact) mass is 270 g/mol. The minimum Gasteiger partial charge on any atom is -0.397 e. The van der Waals surface area contributed by atoms with Gasteiger partial charge in [0.1, 0.15) is 12.1 Å². The van der Waals surface area contributed by atoms with Crippen LogP contribution in [0.5, 0.6) is 0 Å². The number of nitriles is 2. The molecule has 0 saturated carbocycles. The van der Waals surface area contributed by atoms with Crippen molar-refractivity contribution in [1.29, 1.82) is 10.5 Å². The van der Waals surface area contributed by atoms with Crippen LogP contribution >= 0.6 is 0 Å². The van der Waals surface area contributed by atoms with E-state index in [0.717, 1.165) is 6.42 Å². The zero-order valence-electron chi connectivity index (χ0n) is 11.9. The standard InChI is InChI=1S/C15H18N4O/c1-4-15(2,3)19-9-13(20)10-5-11(7-16)14(18)12(6-10)8-17/h5-6,19H,4,9,18H2,1-3H3. The Hall–Kier alpha value is -2.37. The van der Waals surface area contributed by atoms with Gasteiger partial charge in [0.25, 0.3) is 0 Å². The van der Waals surface area contributed by atoms with Gasteiger partial charge in [0, 0.05) is 11.1 Å². The van der Waals surface area contributed by atoms with Gasteiger partial charge in [-0.25, -0.2) is 0 Å². The second kappa shape index (κ2) is 6.18. The van der Waals surface area contributed by atoms with Gasteiger partial charge in [-0.3, -0.25) is 4.79 Å². The van der Waals surface area contributed by atoms with E-state index in [1.807, 2.05) is 32.9 Å². The number of carbonyl (C=O) groups excluding carboxylic acids is 1. The molecule has 0 aliphatic rings. The molecule has 0 unspecified atom stereocenters. The molecular formula is C15H18N4O. The number of Topliss-reactive ketones (excluding diaryl/α,β-unsaturated/α-hetero) is 1. The maximum absolute atomic E-state index is 12.1. The van der Waals surface area contributed by atoms with Crippen molar-refractivity contribution in [3.05, 3.63) is 28.8 Å². The summed E-state index contributed by atoms with van der Waals surface area (Å²) in [6.45, 7) is 6.19. The van der Waals surface area contributed by atoms with E-state index in [4.69, 9.17) is 16.3 Å². The van der Waals surface area contributed by atoms with Crippen LogP contribution in [0.2, 0.25) is 0 Å². The van der Waals surface area contributed by atoms with Gasteiger partial charge in [-0.15, -0.1) is 0 Å². The molecule has 1 aromatic rings. The van der Waals surface area contributed by atoms with Crippen LogP contribution in [0.25, 0.3) is 0 Å². The zero-order valence-corrected chi connectivity index (χ0v) is 11.9. The Labute approximate surface area is 119 Å². The Morgan fingerprint density at radius 2 is 1.80 bits per heavy atom. The highest BCUT2D eigenvalue weighted by Crippen LogP contribution is 2.19. The van der Waals surface area contributed by atoms with Crippen molar-refractivity contribution >= 4 is 11.5 Å². The number of hydrogen-bond acceptors (Lipinski definition) is 5. The van der Waals surface area contributed by atoms with Gasteiger partial charge in [0.05, 0.1) is 23.4 Å². The van der Waals surface area contributed by atoms with E-state index in [2.05, 4.69) is 5.32 Å². The Balaban J connectivity index is 3.01. The summed E-state index contributed by atoms with van der Waals surface area (Å²) in [5.41, 5.74) is 6.28. The first kappa shape index (κ1) is 15.7. The molecule has 0 bridgehead atoms. The van der Waals surface area contributed by atoms with E-state index < -0.39 is 0 Å². The van der Waals surface area contributed by atoms with Crippen LogP contribution in [-0.4, -0.2) is 17.9 Å². The number of nitrogens with one attached hydrogen (secondary N) is 1. The molecule has 104 valence electrons. The summed E-state index contributed by atoms with van der Waals surface area (Å²) < 4.78 is 0. The van der Waals surface area contributed by atoms with Gasteiger partial charge >= 0.3 is 0 Å². The van der Waals surface area contributed by atoms with Gasteiger partial charge < -0.3 is 11.1 Å². The molecule has 0 atom stereocenters. The largest absolute Gasteiger partial charge is 0.397 e. The summed E-state index contributed by atoms with van der Waals surface area (Å²) >= 11 is 0. The second-order valence-electron chi connectivity index (χ2n) is 5.22. The summed E-state index contributed by atoms with van der Waals surface area (Å²) in [6.07, 6.45) is 0.884. The number of anilines is 1. The lowest BCUT2D eigenvalue weighted by atomic mass is 9.99. The first-order valence-corrected chi connectivity index (χ1v) is 6.36. The molecule has 0 saturated heterocycles. The fourth-order valence-corrected chi connectivity index (χ4v) is 1.55. The average Bonchev–Trinajstić information content (AvgIpc) is 2.45. The number of benzene rings is 1. The molecule has 1 aromatic carbocycles. The highest BCUT2D eigenvalue weighted by atomic mass is 16.1. The molecule has 1 rings (SSSR count). The second-order valence-corrected chi connectivity index (χ2v) is 5.22. The Bertz CT molecular complexity index is 570. The van der Waals surface area contributed by atoms with Gasteiger partial charge in [0.15, 0.2) is 5.78 Å². The van der Waals surface area contributed by atoms with E-state index in [1.165, 1.54) is 12.1 Å². The Morgan fingerprint density at radius 1 is 1.30 bits per heavy atom. The van der Waals surface area contributed by atoms with E-state index in [1.54, 1.807) is 0 Å². The summed E-state index contributed by atoms with van der Waals surface area (Å²) in [5.74, 6) is -0.167. The topological polar surface area (TPSA) is 103 Å². The molecule has 0 amide bonds. The van der Waals surface area contributed by atoms with Crippen LogP contribution in [-0.2, 0) is 0 Å². The number of hydrogen-bond donors (Lipinski definition) is 2. The Morgan fingerprint density at radius 3 is 2.20 bits per heavy atom. The molecule has 0 aromatic heterocycles. The normalized spacial score (nSPS) is 10.7. The third kappa shape index (κ3) is 3.57. The van der Waals surface area contributed by atoms with Crippen LogP contribution in [0.4, 0.5) is 5.69 Å². The van der Waals surface area contributed by atoms with Crippen LogP contribution in [0, 0.1) is 22.7 Å². The minimum atomic E-state index is -0.167. The molecule has 5 heteroatoms. The van der Waals surface area contributed by atoms with Crippen molar-refractivity contribution in [1.82, 2.24) is 5.32 Å². The van der Waals surface area contributed by atoms with E-state index in [-0.39, 0.29) is 34.7 Å². The molecular weight excluding hydrogens is 252 g/mol. The lowest BCUT2D eigenvalue weighted by Gasteiger charge is -2.24. The van der Waals surface area contributed by atoms with Crippen molar-refractivity contribution in [2.45, 2.75) is 32.7 Å². The number of carbonyl (C=O) groups is 1. The fraction of sp³-hybridized carbons (Fsp3) is 0.400. The molecule has 0 fully saturated rings. The average molecular weight is 270 g/mol. The van der Waals surface area contributed by atoms with Crippen LogP contribution in [0.3, 0.4) is 0 Å². The molecule has 0 aliphatic carbocycles.